The Morgan fingerprint density at radius 3 is 1.50 bits per heavy atom. The summed E-state index contributed by atoms with van der Waals surface area (Å²) in [6, 6.07) is 0. The summed E-state index contributed by atoms with van der Waals surface area (Å²) in [6.07, 6.45) is -2.70. The van der Waals surface area contributed by atoms with Crippen LogP contribution in [0.2, 0.25) is 0 Å². The van der Waals surface area contributed by atoms with Gasteiger partial charge in [0.1, 0.15) is 12.2 Å². The molecule has 0 aliphatic rings. The zero-order chi connectivity index (χ0) is 9.02. The first kappa shape index (κ1) is 14.4. The summed E-state index contributed by atoms with van der Waals surface area (Å²) < 4.78 is 4.00. The first-order valence-corrected chi connectivity index (χ1v) is 3.06. The maximum Gasteiger partial charge on any atom is 0.342 e. The standard InChI is InChI=1S/C6H10O5.Mg/c1-3(7)5(9)11-6(10)4(2)8;/h3-4,7-8H,1-2H3;. The van der Waals surface area contributed by atoms with Crippen LogP contribution in [0.25, 0.3) is 0 Å². The molecule has 5 nitrogen and oxygen atoms in total. The van der Waals surface area contributed by atoms with E-state index in [1.165, 1.54) is 0 Å². The summed E-state index contributed by atoms with van der Waals surface area (Å²) in [5.41, 5.74) is 0. The number of hydrogen-bond donors (Lipinski definition) is 2. The lowest BCUT2D eigenvalue weighted by Gasteiger charge is -2.05. The van der Waals surface area contributed by atoms with Gasteiger partial charge in [-0.3, -0.25) is 0 Å². The van der Waals surface area contributed by atoms with Gasteiger partial charge in [-0.25, -0.2) is 9.59 Å². The van der Waals surface area contributed by atoms with Gasteiger partial charge in [0.15, 0.2) is 0 Å². The molecular weight excluding hydrogens is 176 g/mol. The average Bonchev–Trinajstić information content (AvgIpc) is 1.87. The zero-order valence-corrected chi connectivity index (χ0v) is 8.40. The Morgan fingerprint density at radius 2 is 1.33 bits per heavy atom. The Balaban J connectivity index is 0. The van der Waals surface area contributed by atoms with E-state index >= 15 is 0 Å². The van der Waals surface area contributed by atoms with Crippen molar-refractivity contribution >= 4 is 35.0 Å². The number of ether oxygens (including phenoxy) is 1. The molecule has 0 spiro atoms. The van der Waals surface area contributed by atoms with Crippen LogP contribution in [0.15, 0.2) is 0 Å². The molecule has 2 unspecified atom stereocenters. The number of hydrogen-bond acceptors (Lipinski definition) is 5. The molecule has 6 heteroatoms. The van der Waals surface area contributed by atoms with Gasteiger partial charge in [-0.05, 0) is 13.8 Å². The van der Waals surface area contributed by atoms with Crippen molar-refractivity contribution in [3.63, 3.8) is 0 Å². The number of aliphatic hydroxyl groups is 2. The number of carbonyl (C=O) groups is 2. The molecule has 0 aromatic carbocycles. The van der Waals surface area contributed by atoms with E-state index in [-0.39, 0.29) is 23.1 Å². The van der Waals surface area contributed by atoms with Crippen LogP contribution in [0.5, 0.6) is 0 Å². The van der Waals surface area contributed by atoms with Crippen LogP contribution >= 0.6 is 0 Å². The number of rotatable bonds is 2. The highest BCUT2D eigenvalue weighted by molar-refractivity contribution is 5.89. The molecule has 0 saturated carbocycles. The second-order valence-electron chi connectivity index (χ2n) is 2.09. The Bertz CT molecular complexity index is 147. The Kier molecular flexibility index (Phi) is 7.60. The molecule has 2 atom stereocenters. The maximum absolute atomic E-state index is 10.5. The van der Waals surface area contributed by atoms with Gasteiger partial charge in [-0.15, -0.1) is 0 Å². The molecule has 2 radical (unpaired) electrons. The molecule has 0 heterocycles. The third-order valence-corrected chi connectivity index (χ3v) is 0.883. The molecule has 66 valence electrons. The summed E-state index contributed by atoms with van der Waals surface area (Å²) in [7, 11) is 0. The van der Waals surface area contributed by atoms with Crippen molar-refractivity contribution in [1.29, 1.82) is 0 Å². The van der Waals surface area contributed by atoms with E-state index in [4.69, 9.17) is 10.2 Å². The van der Waals surface area contributed by atoms with Gasteiger partial charge >= 0.3 is 11.9 Å². The number of esters is 2. The Hall–Kier alpha value is -0.174. The molecule has 0 saturated heterocycles. The van der Waals surface area contributed by atoms with E-state index in [0.717, 1.165) is 13.8 Å². The zero-order valence-electron chi connectivity index (χ0n) is 6.98. The molecule has 0 aromatic heterocycles. The van der Waals surface area contributed by atoms with E-state index in [1.54, 1.807) is 0 Å². The fourth-order valence-corrected chi connectivity index (χ4v) is 0.270. The summed E-state index contributed by atoms with van der Waals surface area (Å²) in [5.74, 6) is -2.12. The van der Waals surface area contributed by atoms with Gasteiger partial charge in [0.2, 0.25) is 0 Å². The van der Waals surface area contributed by atoms with Gasteiger partial charge < -0.3 is 14.9 Å². The SMILES string of the molecule is CC(O)C(=O)OC(=O)C(C)O.[Mg]. The van der Waals surface area contributed by atoms with Gasteiger partial charge in [0.25, 0.3) is 0 Å². The first-order valence-electron chi connectivity index (χ1n) is 3.06. The first-order chi connectivity index (χ1) is 4.95. The smallest absolute Gasteiger partial charge is 0.342 e. The monoisotopic (exact) mass is 186 g/mol. The minimum absolute atomic E-state index is 0. The molecule has 0 aromatic rings. The third kappa shape index (κ3) is 5.47. The second-order valence-corrected chi connectivity index (χ2v) is 2.09. The quantitative estimate of drug-likeness (QED) is 0.309. The maximum atomic E-state index is 10.5. The lowest BCUT2D eigenvalue weighted by atomic mass is 10.4. The number of carbonyl (C=O) groups excluding carboxylic acids is 2. The van der Waals surface area contributed by atoms with Gasteiger partial charge in [0.05, 0.1) is 0 Å². The minimum Gasteiger partial charge on any atom is -0.389 e. The fraction of sp³-hybridized carbons (Fsp3) is 0.667. The van der Waals surface area contributed by atoms with E-state index in [9.17, 15) is 9.59 Å². The van der Waals surface area contributed by atoms with Gasteiger partial charge in [-0.1, -0.05) is 0 Å². The molecule has 0 fully saturated rings. The predicted octanol–water partition coefficient (Wildman–Crippen LogP) is -1.56. The third-order valence-electron chi connectivity index (χ3n) is 0.883. The summed E-state index contributed by atoms with van der Waals surface area (Å²) in [6.45, 7) is 2.33. The highest BCUT2D eigenvalue weighted by Crippen LogP contribution is 1.91. The van der Waals surface area contributed by atoms with Crippen LogP contribution in [0, 0.1) is 0 Å². The topological polar surface area (TPSA) is 83.8 Å². The molecular formula is C6H10MgO5. The van der Waals surface area contributed by atoms with E-state index in [2.05, 4.69) is 4.74 Å². The Morgan fingerprint density at radius 1 is 1.08 bits per heavy atom. The molecule has 0 aliphatic carbocycles. The normalized spacial score (nSPS) is 14.0. The van der Waals surface area contributed by atoms with Crippen LogP contribution < -0.4 is 0 Å². The van der Waals surface area contributed by atoms with Crippen molar-refractivity contribution in [3.05, 3.63) is 0 Å². The van der Waals surface area contributed by atoms with Crippen molar-refractivity contribution < 1.29 is 24.5 Å². The lowest BCUT2D eigenvalue weighted by Crippen LogP contribution is -2.28. The highest BCUT2D eigenvalue weighted by atomic mass is 24.3. The molecule has 0 aliphatic heterocycles. The predicted molar refractivity (Wildman–Crippen MR) is 40.2 cm³/mol. The molecule has 0 amide bonds. The molecule has 0 rings (SSSR count). The Labute approximate surface area is 85.9 Å². The van der Waals surface area contributed by atoms with Crippen molar-refractivity contribution in [2.45, 2.75) is 26.1 Å². The van der Waals surface area contributed by atoms with Gasteiger partial charge in [-0.2, -0.15) is 0 Å². The molecule has 12 heavy (non-hydrogen) atoms. The largest absolute Gasteiger partial charge is 0.389 e. The highest BCUT2D eigenvalue weighted by Gasteiger charge is 2.18. The van der Waals surface area contributed by atoms with Crippen molar-refractivity contribution in [1.82, 2.24) is 0 Å². The van der Waals surface area contributed by atoms with Crippen LogP contribution in [-0.2, 0) is 14.3 Å². The van der Waals surface area contributed by atoms with E-state index < -0.39 is 24.1 Å². The van der Waals surface area contributed by atoms with Crippen molar-refractivity contribution in [2.75, 3.05) is 0 Å². The molecule has 2 N–H and O–H groups in total. The summed E-state index contributed by atoms with van der Waals surface area (Å²) in [4.78, 5) is 20.9. The van der Waals surface area contributed by atoms with Crippen LogP contribution in [0.3, 0.4) is 0 Å². The summed E-state index contributed by atoms with van der Waals surface area (Å²) in [5, 5.41) is 17.1. The summed E-state index contributed by atoms with van der Waals surface area (Å²) >= 11 is 0. The average molecular weight is 186 g/mol. The number of aliphatic hydroxyl groups excluding tert-OH is 2. The molecule has 0 bridgehead atoms. The lowest BCUT2D eigenvalue weighted by molar-refractivity contribution is -0.170. The minimum atomic E-state index is -1.35. The van der Waals surface area contributed by atoms with Crippen LogP contribution in [-0.4, -0.2) is 57.4 Å². The second kappa shape index (κ2) is 6.35. The fourth-order valence-electron chi connectivity index (χ4n) is 0.270. The van der Waals surface area contributed by atoms with Crippen LogP contribution in [0.1, 0.15) is 13.8 Å². The van der Waals surface area contributed by atoms with E-state index in [0.29, 0.717) is 0 Å². The van der Waals surface area contributed by atoms with E-state index in [1.807, 2.05) is 0 Å². The van der Waals surface area contributed by atoms with Crippen molar-refractivity contribution in [3.8, 4) is 0 Å². The van der Waals surface area contributed by atoms with Gasteiger partial charge in [0, 0.05) is 23.1 Å². The van der Waals surface area contributed by atoms with Crippen molar-refractivity contribution in [2.24, 2.45) is 0 Å². The van der Waals surface area contributed by atoms with Crippen LogP contribution in [0.4, 0.5) is 0 Å².